The predicted molar refractivity (Wildman–Crippen MR) is 83.8 cm³/mol. The number of nitrogens with zero attached hydrogens (tertiary/aromatic N) is 1. The molecule has 1 unspecified atom stereocenters. The molecule has 0 aliphatic carbocycles. The zero-order valence-corrected chi connectivity index (χ0v) is 12.9. The van der Waals surface area contributed by atoms with Gasteiger partial charge in [0.1, 0.15) is 11.9 Å². The summed E-state index contributed by atoms with van der Waals surface area (Å²) < 4.78 is 8.05. The molecular formula is C15H15NO2S2. The maximum absolute atomic E-state index is 10.5. The smallest absolute Gasteiger partial charge is 0.138 e. The van der Waals surface area contributed by atoms with Crippen LogP contribution < -0.4 is 4.74 Å². The van der Waals surface area contributed by atoms with Crippen LogP contribution in [-0.2, 0) is 0 Å². The Kier molecular flexibility index (Phi) is 3.74. The van der Waals surface area contributed by atoms with Gasteiger partial charge in [-0.15, -0.1) is 22.7 Å². The summed E-state index contributed by atoms with van der Waals surface area (Å²) in [5.41, 5.74) is 0.761. The summed E-state index contributed by atoms with van der Waals surface area (Å²) in [6, 6.07) is 5.98. The number of fused-ring (bicyclic) bond motifs is 1. The first-order chi connectivity index (χ1) is 9.63. The topological polar surface area (TPSA) is 42.4 Å². The van der Waals surface area contributed by atoms with Gasteiger partial charge in [-0.05, 0) is 37.4 Å². The van der Waals surface area contributed by atoms with E-state index >= 15 is 0 Å². The monoisotopic (exact) mass is 305 g/mol. The minimum Gasteiger partial charge on any atom is -0.489 e. The molecule has 0 aliphatic rings. The minimum absolute atomic E-state index is 0.0938. The standard InChI is InChI=1S/C15H15NO2S2/c1-9(2)18-11-5-10(7-16-8-11)15(17)14-6-13-12(20-14)3-4-19-13/h3-9,15,17H,1-2H3. The van der Waals surface area contributed by atoms with Gasteiger partial charge in [0.05, 0.1) is 12.3 Å². The van der Waals surface area contributed by atoms with Crippen molar-refractivity contribution in [3.05, 3.63) is 46.4 Å². The first-order valence-electron chi connectivity index (χ1n) is 6.40. The van der Waals surface area contributed by atoms with E-state index in [1.54, 1.807) is 35.1 Å². The number of hydrogen-bond acceptors (Lipinski definition) is 5. The Hall–Kier alpha value is -1.43. The van der Waals surface area contributed by atoms with Gasteiger partial charge in [-0.25, -0.2) is 0 Å². The van der Waals surface area contributed by atoms with Crippen molar-refractivity contribution in [2.24, 2.45) is 0 Å². The van der Waals surface area contributed by atoms with Gasteiger partial charge in [-0.3, -0.25) is 4.98 Å². The fraction of sp³-hybridized carbons (Fsp3) is 0.267. The molecule has 104 valence electrons. The zero-order chi connectivity index (χ0) is 14.1. The number of aromatic nitrogens is 1. The van der Waals surface area contributed by atoms with E-state index in [9.17, 15) is 5.11 Å². The van der Waals surface area contributed by atoms with Gasteiger partial charge in [0.25, 0.3) is 0 Å². The van der Waals surface area contributed by atoms with E-state index < -0.39 is 6.10 Å². The van der Waals surface area contributed by atoms with Crippen molar-refractivity contribution in [1.82, 2.24) is 4.98 Å². The van der Waals surface area contributed by atoms with Crippen LogP contribution >= 0.6 is 22.7 Å². The second-order valence-electron chi connectivity index (χ2n) is 4.82. The minimum atomic E-state index is -0.650. The van der Waals surface area contributed by atoms with Gasteiger partial charge < -0.3 is 9.84 Å². The largest absolute Gasteiger partial charge is 0.489 e. The number of thiophene rings is 2. The molecule has 0 saturated heterocycles. The van der Waals surface area contributed by atoms with Gasteiger partial charge in [-0.2, -0.15) is 0 Å². The van der Waals surface area contributed by atoms with Gasteiger partial charge in [-0.1, -0.05) is 0 Å². The number of aliphatic hydroxyl groups excluding tert-OH is 1. The Morgan fingerprint density at radius 2 is 2.05 bits per heavy atom. The van der Waals surface area contributed by atoms with Crippen molar-refractivity contribution in [3.63, 3.8) is 0 Å². The van der Waals surface area contributed by atoms with Crippen LogP contribution in [0.2, 0.25) is 0 Å². The van der Waals surface area contributed by atoms with Crippen LogP contribution in [0, 0.1) is 0 Å². The van der Waals surface area contributed by atoms with Crippen molar-refractivity contribution >= 4 is 32.1 Å². The van der Waals surface area contributed by atoms with Crippen molar-refractivity contribution in [2.75, 3.05) is 0 Å². The highest BCUT2D eigenvalue weighted by Crippen LogP contribution is 2.36. The third-order valence-corrected chi connectivity index (χ3v) is 5.00. The van der Waals surface area contributed by atoms with Crippen LogP contribution in [0.15, 0.2) is 36.0 Å². The number of aliphatic hydroxyl groups is 1. The molecule has 0 aliphatic heterocycles. The normalized spacial score (nSPS) is 13.0. The first-order valence-corrected chi connectivity index (χ1v) is 8.09. The highest BCUT2D eigenvalue weighted by molar-refractivity contribution is 7.26. The summed E-state index contributed by atoms with van der Waals surface area (Å²) in [6.07, 6.45) is 2.80. The Morgan fingerprint density at radius 1 is 1.20 bits per heavy atom. The number of pyridine rings is 1. The van der Waals surface area contributed by atoms with Gasteiger partial charge in [0.15, 0.2) is 0 Å². The Balaban J connectivity index is 1.89. The maximum Gasteiger partial charge on any atom is 0.138 e. The lowest BCUT2D eigenvalue weighted by Crippen LogP contribution is -2.07. The molecule has 0 amide bonds. The van der Waals surface area contributed by atoms with Crippen LogP contribution in [0.5, 0.6) is 5.75 Å². The number of ether oxygens (including phenoxy) is 1. The maximum atomic E-state index is 10.5. The van der Waals surface area contributed by atoms with E-state index in [4.69, 9.17) is 4.74 Å². The molecule has 0 spiro atoms. The Labute approximate surface area is 125 Å². The van der Waals surface area contributed by atoms with Crippen LogP contribution in [-0.4, -0.2) is 16.2 Å². The van der Waals surface area contributed by atoms with Crippen LogP contribution in [0.3, 0.4) is 0 Å². The van der Waals surface area contributed by atoms with Gasteiger partial charge in [0, 0.05) is 26.0 Å². The summed E-state index contributed by atoms with van der Waals surface area (Å²) in [5.74, 6) is 0.690. The molecule has 1 N–H and O–H groups in total. The van der Waals surface area contributed by atoms with E-state index in [0.717, 1.165) is 10.4 Å². The van der Waals surface area contributed by atoms with Crippen LogP contribution in [0.25, 0.3) is 9.40 Å². The quantitative estimate of drug-likeness (QED) is 0.784. The molecular weight excluding hydrogens is 290 g/mol. The highest BCUT2D eigenvalue weighted by atomic mass is 32.1. The molecule has 0 fully saturated rings. The fourth-order valence-electron chi connectivity index (χ4n) is 2.01. The molecule has 3 aromatic heterocycles. The van der Waals surface area contributed by atoms with Crippen molar-refractivity contribution in [3.8, 4) is 5.75 Å². The van der Waals surface area contributed by atoms with E-state index in [2.05, 4.69) is 16.4 Å². The molecule has 0 radical (unpaired) electrons. The van der Waals surface area contributed by atoms with Crippen LogP contribution in [0.1, 0.15) is 30.4 Å². The van der Waals surface area contributed by atoms with Crippen molar-refractivity contribution in [1.29, 1.82) is 0 Å². The molecule has 20 heavy (non-hydrogen) atoms. The molecule has 0 aromatic carbocycles. The lowest BCUT2D eigenvalue weighted by atomic mass is 10.1. The SMILES string of the molecule is CC(C)Oc1cncc(C(O)c2cc3sccc3s2)c1. The van der Waals surface area contributed by atoms with E-state index in [0.29, 0.717) is 5.75 Å². The Bertz CT molecular complexity index is 689. The molecule has 5 heteroatoms. The molecule has 3 aromatic rings. The van der Waals surface area contributed by atoms with Crippen LogP contribution in [0.4, 0.5) is 0 Å². The van der Waals surface area contributed by atoms with Crippen molar-refractivity contribution in [2.45, 2.75) is 26.1 Å². The number of rotatable bonds is 4. The summed E-state index contributed by atoms with van der Waals surface area (Å²) in [6.45, 7) is 3.94. The van der Waals surface area contributed by atoms with E-state index in [1.165, 1.54) is 9.40 Å². The lowest BCUT2D eigenvalue weighted by Gasteiger charge is -2.12. The molecule has 0 saturated carbocycles. The average Bonchev–Trinajstić information content (AvgIpc) is 2.98. The highest BCUT2D eigenvalue weighted by Gasteiger charge is 2.15. The molecule has 3 nitrogen and oxygen atoms in total. The average molecular weight is 305 g/mol. The third-order valence-electron chi connectivity index (χ3n) is 2.85. The number of hydrogen-bond donors (Lipinski definition) is 1. The Morgan fingerprint density at radius 3 is 2.80 bits per heavy atom. The summed E-state index contributed by atoms with van der Waals surface area (Å²) in [5, 5.41) is 12.6. The van der Waals surface area contributed by atoms with Crippen molar-refractivity contribution < 1.29 is 9.84 Å². The summed E-state index contributed by atoms with van der Waals surface area (Å²) in [4.78, 5) is 5.09. The summed E-state index contributed by atoms with van der Waals surface area (Å²) >= 11 is 3.31. The third kappa shape index (κ3) is 2.70. The van der Waals surface area contributed by atoms with Gasteiger partial charge >= 0.3 is 0 Å². The summed E-state index contributed by atoms with van der Waals surface area (Å²) in [7, 11) is 0. The molecule has 3 heterocycles. The lowest BCUT2D eigenvalue weighted by molar-refractivity contribution is 0.219. The van der Waals surface area contributed by atoms with E-state index in [1.807, 2.05) is 26.0 Å². The van der Waals surface area contributed by atoms with E-state index in [-0.39, 0.29) is 6.10 Å². The fourth-order valence-corrected chi connectivity index (χ4v) is 4.14. The second kappa shape index (κ2) is 5.52. The molecule has 3 rings (SSSR count). The zero-order valence-electron chi connectivity index (χ0n) is 11.2. The second-order valence-corrected chi connectivity index (χ2v) is 6.88. The molecule has 1 atom stereocenters. The molecule has 0 bridgehead atoms. The van der Waals surface area contributed by atoms with Gasteiger partial charge in [0.2, 0.25) is 0 Å². The predicted octanol–water partition coefficient (Wildman–Crippen LogP) is 4.23. The first kappa shape index (κ1) is 13.5.